The van der Waals surface area contributed by atoms with Crippen molar-refractivity contribution in [3.05, 3.63) is 28.2 Å². The van der Waals surface area contributed by atoms with Gasteiger partial charge in [0, 0.05) is 6.20 Å². The fourth-order valence-corrected chi connectivity index (χ4v) is 0.734. The lowest BCUT2D eigenvalue weighted by Gasteiger charge is -1.92. The second-order valence-corrected chi connectivity index (χ2v) is 2.54. The predicted molar refractivity (Wildman–Crippen MR) is 47.0 cm³/mol. The zero-order valence-electron chi connectivity index (χ0n) is 5.27. The minimum absolute atomic E-state index is 0. The van der Waals surface area contributed by atoms with Crippen molar-refractivity contribution in [2.24, 2.45) is 0 Å². The predicted octanol–water partition coefficient (Wildman–Crippen LogP) is 2.87. The molecular formula is C6H6Br2FN. The summed E-state index contributed by atoms with van der Waals surface area (Å²) in [6.07, 6.45) is 1.60. The van der Waals surface area contributed by atoms with E-state index >= 15 is 0 Å². The average molecular weight is 271 g/mol. The molecule has 56 valence electrons. The van der Waals surface area contributed by atoms with Crippen molar-refractivity contribution in [1.29, 1.82) is 0 Å². The highest BCUT2D eigenvalue weighted by atomic mass is 79.9. The van der Waals surface area contributed by atoms with Gasteiger partial charge in [0.15, 0.2) is 5.82 Å². The minimum atomic E-state index is -0.310. The summed E-state index contributed by atoms with van der Waals surface area (Å²) in [5.41, 5.74) is 0.829. The Morgan fingerprint density at radius 1 is 1.60 bits per heavy atom. The van der Waals surface area contributed by atoms with Gasteiger partial charge in [-0.15, -0.1) is 17.0 Å². The second-order valence-electron chi connectivity index (χ2n) is 1.79. The number of pyridine rings is 1. The molecule has 0 saturated carbocycles. The number of aromatic nitrogens is 1. The van der Waals surface area contributed by atoms with Gasteiger partial charge in [-0.25, -0.2) is 9.37 Å². The van der Waals surface area contributed by atoms with Gasteiger partial charge in [-0.3, -0.25) is 0 Å². The van der Waals surface area contributed by atoms with Crippen molar-refractivity contribution in [1.82, 2.24) is 4.98 Å². The third-order valence-corrected chi connectivity index (χ3v) is 1.52. The summed E-state index contributed by atoms with van der Waals surface area (Å²) in [7, 11) is 0. The lowest BCUT2D eigenvalue weighted by atomic mass is 10.3. The zero-order valence-corrected chi connectivity index (χ0v) is 8.57. The van der Waals surface area contributed by atoms with Crippen LogP contribution < -0.4 is 0 Å². The Bertz CT molecular complexity index is 227. The van der Waals surface area contributed by atoms with E-state index in [1.165, 1.54) is 6.07 Å². The number of halogens is 3. The Labute approximate surface area is 77.6 Å². The van der Waals surface area contributed by atoms with Crippen molar-refractivity contribution in [3.8, 4) is 0 Å². The summed E-state index contributed by atoms with van der Waals surface area (Å²) < 4.78 is 12.7. The maximum atomic E-state index is 12.5. The van der Waals surface area contributed by atoms with Gasteiger partial charge in [-0.2, -0.15) is 0 Å². The molecule has 0 aliphatic carbocycles. The monoisotopic (exact) mass is 269 g/mol. The Balaban J connectivity index is 0.000000810. The van der Waals surface area contributed by atoms with Crippen molar-refractivity contribution in [2.45, 2.75) is 6.92 Å². The molecule has 10 heavy (non-hydrogen) atoms. The third kappa shape index (κ3) is 2.34. The number of aryl methyl sites for hydroxylation is 1. The first-order valence-corrected chi connectivity index (χ1v) is 3.27. The van der Waals surface area contributed by atoms with Crippen LogP contribution >= 0.6 is 32.9 Å². The van der Waals surface area contributed by atoms with Gasteiger partial charge in [0.25, 0.3) is 0 Å². The Morgan fingerprint density at radius 3 is 2.60 bits per heavy atom. The van der Waals surface area contributed by atoms with Crippen LogP contribution in [-0.2, 0) is 0 Å². The van der Waals surface area contributed by atoms with Gasteiger partial charge in [0.1, 0.15) is 4.60 Å². The van der Waals surface area contributed by atoms with Crippen LogP contribution in [0.15, 0.2) is 16.9 Å². The summed E-state index contributed by atoms with van der Waals surface area (Å²) in [5, 5.41) is 0. The zero-order chi connectivity index (χ0) is 6.85. The molecule has 0 aliphatic heterocycles. The quantitative estimate of drug-likeness (QED) is 0.661. The second kappa shape index (κ2) is 4.03. The van der Waals surface area contributed by atoms with E-state index in [1.807, 2.05) is 0 Å². The highest BCUT2D eigenvalue weighted by Crippen LogP contribution is 2.11. The molecular weight excluding hydrogens is 265 g/mol. The van der Waals surface area contributed by atoms with E-state index < -0.39 is 0 Å². The molecule has 0 amide bonds. The number of hydrogen-bond acceptors (Lipinski definition) is 1. The van der Waals surface area contributed by atoms with Crippen LogP contribution in [0.4, 0.5) is 4.39 Å². The van der Waals surface area contributed by atoms with Gasteiger partial charge in [-0.1, -0.05) is 0 Å². The lowest BCUT2D eigenvalue weighted by molar-refractivity contribution is 0.611. The molecule has 1 nitrogen and oxygen atoms in total. The molecule has 4 heteroatoms. The first-order chi connectivity index (χ1) is 4.20. The van der Waals surface area contributed by atoms with E-state index in [4.69, 9.17) is 0 Å². The van der Waals surface area contributed by atoms with Crippen molar-refractivity contribution >= 4 is 32.9 Å². The summed E-state index contributed by atoms with van der Waals surface area (Å²) in [6.45, 7) is 1.79. The highest BCUT2D eigenvalue weighted by molar-refractivity contribution is 9.10. The van der Waals surface area contributed by atoms with Crippen LogP contribution in [0.2, 0.25) is 0 Å². The molecule has 0 bridgehead atoms. The summed E-state index contributed by atoms with van der Waals surface area (Å²) in [4.78, 5) is 3.72. The maximum Gasteiger partial charge on any atom is 0.156 e. The van der Waals surface area contributed by atoms with E-state index in [-0.39, 0.29) is 27.4 Å². The van der Waals surface area contributed by atoms with Crippen LogP contribution in [0.25, 0.3) is 0 Å². The molecule has 1 aromatic heterocycles. The average Bonchev–Trinajstić information content (AvgIpc) is 1.80. The summed E-state index contributed by atoms with van der Waals surface area (Å²) in [5.74, 6) is -0.310. The van der Waals surface area contributed by atoms with Crippen molar-refractivity contribution in [2.75, 3.05) is 0 Å². The first-order valence-electron chi connectivity index (χ1n) is 2.48. The molecule has 1 aromatic rings. The van der Waals surface area contributed by atoms with Crippen LogP contribution in [0.3, 0.4) is 0 Å². The highest BCUT2D eigenvalue weighted by Gasteiger charge is 1.96. The molecule has 0 radical (unpaired) electrons. The van der Waals surface area contributed by atoms with Crippen LogP contribution in [0, 0.1) is 12.7 Å². The van der Waals surface area contributed by atoms with Crippen molar-refractivity contribution in [3.63, 3.8) is 0 Å². The molecule has 1 heterocycles. The third-order valence-electron chi connectivity index (χ3n) is 0.933. The van der Waals surface area contributed by atoms with Gasteiger partial charge in [0.05, 0.1) is 0 Å². The minimum Gasteiger partial charge on any atom is -0.246 e. The SMILES string of the molecule is Br.Cc1cnc(Br)c(F)c1. The lowest BCUT2D eigenvalue weighted by Crippen LogP contribution is -1.83. The maximum absolute atomic E-state index is 12.5. The fourth-order valence-electron chi connectivity index (χ4n) is 0.517. The van der Waals surface area contributed by atoms with Crippen LogP contribution in [-0.4, -0.2) is 4.98 Å². The van der Waals surface area contributed by atoms with Crippen molar-refractivity contribution < 1.29 is 4.39 Å². The molecule has 0 saturated heterocycles. The molecule has 0 N–H and O–H groups in total. The van der Waals surface area contributed by atoms with E-state index in [0.29, 0.717) is 0 Å². The molecule has 0 aromatic carbocycles. The largest absolute Gasteiger partial charge is 0.246 e. The molecule has 0 spiro atoms. The van der Waals surface area contributed by atoms with Crippen LogP contribution in [0.5, 0.6) is 0 Å². The van der Waals surface area contributed by atoms with E-state index in [1.54, 1.807) is 13.1 Å². The Hall–Kier alpha value is 0.0400. The van der Waals surface area contributed by atoms with E-state index in [0.717, 1.165) is 5.56 Å². The fraction of sp³-hybridized carbons (Fsp3) is 0.167. The van der Waals surface area contributed by atoms with Gasteiger partial charge >= 0.3 is 0 Å². The number of nitrogens with zero attached hydrogens (tertiary/aromatic N) is 1. The molecule has 0 atom stereocenters. The molecule has 0 aliphatic rings. The number of rotatable bonds is 0. The topological polar surface area (TPSA) is 12.9 Å². The first kappa shape index (κ1) is 10.0. The molecule has 0 unspecified atom stereocenters. The Kier molecular flexibility index (Phi) is 4.05. The number of hydrogen-bond donors (Lipinski definition) is 0. The smallest absolute Gasteiger partial charge is 0.156 e. The van der Waals surface area contributed by atoms with Crippen LogP contribution in [0.1, 0.15) is 5.56 Å². The van der Waals surface area contributed by atoms with Gasteiger partial charge < -0.3 is 0 Å². The Morgan fingerprint density at radius 2 is 2.20 bits per heavy atom. The summed E-state index contributed by atoms with van der Waals surface area (Å²) >= 11 is 2.94. The molecule has 0 fully saturated rings. The van der Waals surface area contributed by atoms with Gasteiger partial charge in [0.2, 0.25) is 0 Å². The molecule has 1 rings (SSSR count). The standard InChI is InChI=1S/C6H5BrFN.BrH/c1-4-2-5(8)6(7)9-3-4;/h2-3H,1H3;1H. The summed E-state index contributed by atoms with van der Waals surface area (Å²) in [6, 6.07) is 1.43. The van der Waals surface area contributed by atoms with Gasteiger partial charge in [-0.05, 0) is 34.5 Å². The normalized spacial score (nSPS) is 8.70. The van der Waals surface area contributed by atoms with E-state index in [2.05, 4.69) is 20.9 Å². The van der Waals surface area contributed by atoms with E-state index in [9.17, 15) is 4.39 Å².